The number of benzene rings is 1. The van der Waals surface area contributed by atoms with Crippen molar-refractivity contribution in [3.05, 3.63) is 62.8 Å². The molecule has 4 rings (SSSR count). The van der Waals surface area contributed by atoms with Gasteiger partial charge in [0.1, 0.15) is 12.5 Å². The van der Waals surface area contributed by atoms with Gasteiger partial charge in [0.25, 0.3) is 0 Å². The van der Waals surface area contributed by atoms with E-state index in [0.29, 0.717) is 6.42 Å². The highest BCUT2D eigenvalue weighted by Gasteiger charge is 2.38. The van der Waals surface area contributed by atoms with E-state index < -0.39 is 12.1 Å². The van der Waals surface area contributed by atoms with Crippen LogP contribution in [0.3, 0.4) is 0 Å². The molecule has 0 bridgehead atoms. The van der Waals surface area contributed by atoms with Gasteiger partial charge in [-0.05, 0) is 111 Å². The molecule has 0 aromatic heterocycles. The topological polar surface area (TPSA) is 76.1 Å². The van der Waals surface area contributed by atoms with Crippen LogP contribution >= 0.6 is 0 Å². The van der Waals surface area contributed by atoms with Crippen LogP contribution in [0.5, 0.6) is 0 Å². The molecular formula is C35H47NO5. The molecule has 0 spiro atoms. The lowest BCUT2D eigenvalue weighted by Crippen LogP contribution is -2.39. The molecular weight excluding hydrogens is 514 g/mol. The van der Waals surface area contributed by atoms with Crippen molar-refractivity contribution in [1.29, 1.82) is 0 Å². The molecule has 0 fully saturated rings. The number of carboxylic acids is 1. The number of anilines is 1. The zero-order valence-electron chi connectivity index (χ0n) is 26.3. The average molecular weight is 562 g/mol. The van der Waals surface area contributed by atoms with Crippen molar-refractivity contribution in [2.24, 2.45) is 11.8 Å². The minimum atomic E-state index is -1.11. The molecule has 1 aromatic carbocycles. The summed E-state index contributed by atoms with van der Waals surface area (Å²) in [6, 6.07) is 0. The van der Waals surface area contributed by atoms with Crippen molar-refractivity contribution in [2.45, 2.75) is 99.0 Å². The molecule has 222 valence electrons. The second-order valence-corrected chi connectivity index (χ2v) is 12.5. The first-order chi connectivity index (χ1) is 19.4. The fraction of sp³-hybridized carbons (Fsp3) is 0.543. The monoisotopic (exact) mass is 561 g/mol. The Balaban J connectivity index is 2.13. The largest absolute Gasteiger partial charge is 0.479 e. The molecule has 4 unspecified atom stereocenters. The first-order valence-corrected chi connectivity index (χ1v) is 15.0. The van der Waals surface area contributed by atoms with Gasteiger partial charge >= 0.3 is 5.97 Å². The van der Waals surface area contributed by atoms with Crippen molar-refractivity contribution in [1.82, 2.24) is 0 Å². The van der Waals surface area contributed by atoms with Crippen LogP contribution < -0.4 is 4.90 Å². The first-order valence-electron chi connectivity index (χ1n) is 15.0. The van der Waals surface area contributed by atoms with Crippen LogP contribution in [0.1, 0.15) is 101 Å². The summed E-state index contributed by atoms with van der Waals surface area (Å²) < 4.78 is 12.3. The quantitative estimate of drug-likeness (QED) is 0.313. The molecule has 0 saturated heterocycles. The van der Waals surface area contributed by atoms with Crippen LogP contribution in [-0.4, -0.2) is 43.9 Å². The molecule has 0 amide bonds. The molecule has 3 aliphatic rings. The Bertz CT molecular complexity index is 1340. The van der Waals surface area contributed by atoms with E-state index in [0.717, 1.165) is 82.2 Å². The van der Waals surface area contributed by atoms with E-state index in [1.807, 2.05) is 20.0 Å². The molecule has 6 nitrogen and oxygen atoms in total. The smallest absolute Gasteiger partial charge is 0.337 e. The van der Waals surface area contributed by atoms with E-state index in [9.17, 15) is 14.7 Å². The number of hydrogen-bond donors (Lipinski definition) is 1. The maximum Gasteiger partial charge on any atom is 0.337 e. The maximum absolute atomic E-state index is 13.1. The summed E-state index contributed by atoms with van der Waals surface area (Å²) in [6.45, 7) is 14.6. The van der Waals surface area contributed by atoms with Gasteiger partial charge < -0.3 is 19.5 Å². The van der Waals surface area contributed by atoms with Crippen LogP contribution in [0.25, 0.3) is 11.1 Å². The van der Waals surface area contributed by atoms with E-state index in [2.05, 4.69) is 58.6 Å². The van der Waals surface area contributed by atoms with Crippen LogP contribution in [0.4, 0.5) is 5.69 Å². The Morgan fingerprint density at radius 2 is 1.80 bits per heavy atom. The zero-order chi connectivity index (χ0) is 30.2. The molecule has 6 heteroatoms. The second-order valence-electron chi connectivity index (χ2n) is 12.5. The summed E-state index contributed by atoms with van der Waals surface area (Å²) in [7, 11) is 3.75. The molecule has 1 aliphatic heterocycles. The highest BCUT2D eigenvalue weighted by molar-refractivity contribution is 5.96. The van der Waals surface area contributed by atoms with Gasteiger partial charge in [0.15, 0.2) is 6.10 Å². The van der Waals surface area contributed by atoms with Crippen LogP contribution in [0.15, 0.2) is 34.9 Å². The van der Waals surface area contributed by atoms with E-state index in [1.165, 1.54) is 11.1 Å². The van der Waals surface area contributed by atoms with Crippen molar-refractivity contribution in [3.63, 3.8) is 0 Å². The van der Waals surface area contributed by atoms with Crippen molar-refractivity contribution in [2.75, 3.05) is 19.1 Å². The summed E-state index contributed by atoms with van der Waals surface area (Å²) in [4.78, 5) is 27.2. The molecule has 1 N–H and O–H groups in total. The number of nitrogens with zero attached hydrogens (tertiary/aromatic N) is 1. The Morgan fingerprint density at radius 1 is 1.10 bits per heavy atom. The predicted octanol–water partition coefficient (Wildman–Crippen LogP) is 7.60. The fourth-order valence-electron chi connectivity index (χ4n) is 6.45. The minimum absolute atomic E-state index is 0.141. The number of allylic oxidation sites excluding steroid dienone is 8. The molecule has 2 aliphatic carbocycles. The Labute approximate surface area is 245 Å². The zero-order valence-corrected chi connectivity index (χ0v) is 26.3. The Hall–Kier alpha value is -2.96. The molecule has 0 radical (unpaired) electrons. The SMILES string of the molecule is COC1CCc2c(C(OC(C)C(C)C)C(=O)O)c(C3=CC(C)=C(C)CC3)c(C)c(C3=CCC(C)C(C=O)=C3)c2N1C. The summed E-state index contributed by atoms with van der Waals surface area (Å²) >= 11 is 0. The highest BCUT2D eigenvalue weighted by atomic mass is 16.5. The number of aldehydes is 1. The second kappa shape index (κ2) is 12.5. The molecule has 1 aromatic rings. The third kappa shape index (κ3) is 5.87. The van der Waals surface area contributed by atoms with Gasteiger partial charge in [-0.1, -0.05) is 44.1 Å². The van der Waals surface area contributed by atoms with Gasteiger partial charge in [-0.3, -0.25) is 4.79 Å². The number of ether oxygens (including phenoxy) is 2. The molecule has 1 heterocycles. The number of carboxylic acid groups (broad SMARTS) is 1. The average Bonchev–Trinajstić information content (AvgIpc) is 2.93. The number of carbonyl (C=O) groups is 2. The summed E-state index contributed by atoms with van der Waals surface area (Å²) in [6.07, 6.45) is 9.93. The lowest BCUT2D eigenvalue weighted by atomic mass is 9.75. The fourth-order valence-corrected chi connectivity index (χ4v) is 6.45. The standard InChI is InChI=1S/C35H47NO5/c1-19(2)24(7)41-34(35(38)39)32-28-14-15-29(40-9)36(8)33(28)31(26-13-11-21(4)27(17-26)18-37)23(6)30(32)25-12-10-20(3)22(5)16-25/h13,16-19,21,24,29,34H,10-12,14-15H2,1-9H3,(H,38,39). The van der Waals surface area contributed by atoms with Crippen molar-refractivity contribution in [3.8, 4) is 0 Å². The van der Waals surface area contributed by atoms with Gasteiger partial charge in [0.05, 0.1) is 11.8 Å². The number of methoxy groups -OCH3 is 1. The van der Waals surface area contributed by atoms with E-state index in [-0.39, 0.29) is 24.2 Å². The van der Waals surface area contributed by atoms with Gasteiger partial charge in [0.2, 0.25) is 0 Å². The van der Waals surface area contributed by atoms with Crippen LogP contribution in [-0.2, 0) is 25.5 Å². The number of carbonyl (C=O) groups excluding carboxylic acids is 1. The van der Waals surface area contributed by atoms with Crippen LogP contribution in [0, 0.1) is 18.8 Å². The van der Waals surface area contributed by atoms with Gasteiger partial charge in [-0.2, -0.15) is 0 Å². The minimum Gasteiger partial charge on any atom is -0.479 e. The lowest BCUT2D eigenvalue weighted by molar-refractivity contribution is -0.156. The van der Waals surface area contributed by atoms with Gasteiger partial charge in [-0.25, -0.2) is 4.79 Å². The molecule has 0 saturated carbocycles. The summed E-state index contributed by atoms with van der Waals surface area (Å²) in [5.74, 6) is -0.645. The maximum atomic E-state index is 13.1. The Kier molecular flexibility index (Phi) is 9.45. The van der Waals surface area contributed by atoms with E-state index in [4.69, 9.17) is 9.47 Å². The summed E-state index contributed by atoms with van der Waals surface area (Å²) in [5, 5.41) is 10.7. The summed E-state index contributed by atoms with van der Waals surface area (Å²) in [5.41, 5.74) is 11.3. The molecule has 41 heavy (non-hydrogen) atoms. The van der Waals surface area contributed by atoms with Gasteiger partial charge in [0, 0.05) is 25.3 Å². The highest BCUT2D eigenvalue weighted by Crippen LogP contribution is 2.50. The predicted molar refractivity (Wildman–Crippen MR) is 166 cm³/mol. The first kappa shape index (κ1) is 31.0. The third-order valence-corrected chi connectivity index (χ3v) is 9.50. The number of rotatable bonds is 9. The normalized spacial score (nSPS) is 22.6. The van der Waals surface area contributed by atoms with Crippen LogP contribution in [0.2, 0.25) is 0 Å². The molecule has 4 atom stereocenters. The number of aliphatic carboxylic acids is 1. The third-order valence-electron chi connectivity index (χ3n) is 9.50. The van der Waals surface area contributed by atoms with Crippen molar-refractivity contribution >= 4 is 29.1 Å². The number of hydrogen-bond acceptors (Lipinski definition) is 5. The van der Waals surface area contributed by atoms with E-state index in [1.54, 1.807) is 7.11 Å². The lowest BCUT2D eigenvalue weighted by Gasteiger charge is -2.41. The van der Waals surface area contributed by atoms with Gasteiger partial charge in [-0.15, -0.1) is 0 Å². The Morgan fingerprint density at radius 3 is 2.39 bits per heavy atom. The van der Waals surface area contributed by atoms with E-state index >= 15 is 0 Å². The number of fused-ring (bicyclic) bond motifs is 1. The van der Waals surface area contributed by atoms with Crippen molar-refractivity contribution < 1.29 is 24.2 Å².